The Morgan fingerprint density at radius 2 is 1.70 bits per heavy atom. The van der Waals surface area contributed by atoms with Gasteiger partial charge < -0.3 is 9.47 Å². The lowest BCUT2D eigenvalue weighted by Gasteiger charge is -2.12. The van der Waals surface area contributed by atoms with E-state index < -0.39 is 0 Å². The first kappa shape index (κ1) is 25.2. The highest BCUT2D eigenvalue weighted by atomic mass is 32.2. The maximum atomic E-state index is 13.2. The van der Waals surface area contributed by atoms with Crippen LogP contribution in [-0.2, 0) is 11.4 Å². The Hall–Kier alpha value is -3.49. The van der Waals surface area contributed by atoms with Crippen LogP contribution in [0.2, 0.25) is 0 Å². The number of nitrogens with one attached hydrogen (secondary N) is 1. The standard InChI is InChI=1S/C29H25FN2O3S2/c30-23-10-5-20(6-11-23)18-35-27-14-9-21-3-1-2-4-25(21)26(27)17-31-32-28(33)19-34-24-12-7-22(8-13-24)29-36-15-16-37-29/h1-14,17,29H,15-16,18-19H2,(H,32,33)/b31-17-. The molecule has 8 heteroatoms. The van der Waals surface area contributed by atoms with Crippen molar-refractivity contribution in [2.24, 2.45) is 5.10 Å². The van der Waals surface area contributed by atoms with Crippen molar-refractivity contribution in [2.75, 3.05) is 18.1 Å². The van der Waals surface area contributed by atoms with Crippen molar-refractivity contribution < 1.29 is 18.7 Å². The van der Waals surface area contributed by atoms with Crippen molar-refractivity contribution in [3.05, 3.63) is 107 Å². The van der Waals surface area contributed by atoms with E-state index in [2.05, 4.69) is 22.7 Å². The molecule has 0 radical (unpaired) electrons. The van der Waals surface area contributed by atoms with Gasteiger partial charge in [-0.05, 0) is 52.2 Å². The first-order valence-corrected chi connectivity index (χ1v) is 13.9. The number of hydrogen-bond donors (Lipinski definition) is 1. The lowest BCUT2D eigenvalue weighted by molar-refractivity contribution is -0.123. The zero-order chi connectivity index (χ0) is 25.5. The number of carbonyl (C=O) groups excluding carboxylic acids is 1. The molecule has 5 nitrogen and oxygen atoms in total. The van der Waals surface area contributed by atoms with E-state index in [-0.39, 0.29) is 24.9 Å². The quantitative estimate of drug-likeness (QED) is 0.195. The summed E-state index contributed by atoms with van der Waals surface area (Å²) in [6, 6.07) is 25.8. The summed E-state index contributed by atoms with van der Waals surface area (Å²) in [5.41, 5.74) is 5.38. The zero-order valence-corrected chi connectivity index (χ0v) is 21.6. The van der Waals surface area contributed by atoms with Crippen molar-refractivity contribution in [3.8, 4) is 11.5 Å². The van der Waals surface area contributed by atoms with Gasteiger partial charge in [0.25, 0.3) is 5.91 Å². The highest BCUT2D eigenvalue weighted by Gasteiger charge is 2.18. The van der Waals surface area contributed by atoms with Gasteiger partial charge in [0.15, 0.2) is 6.61 Å². The number of hydrogen-bond acceptors (Lipinski definition) is 6. The number of carbonyl (C=O) groups is 1. The second-order valence-corrected chi connectivity index (χ2v) is 11.1. The topological polar surface area (TPSA) is 59.9 Å². The highest BCUT2D eigenvalue weighted by Crippen LogP contribution is 2.45. The second kappa shape index (κ2) is 12.2. The van der Waals surface area contributed by atoms with Crippen LogP contribution in [0.3, 0.4) is 0 Å². The number of benzene rings is 4. The van der Waals surface area contributed by atoms with Crippen LogP contribution in [0.4, 0.5) is 4.39 Å². The largest absolute Gasteiger partial charge is 0.488 e. The normalized spacial score (nSPS) is 13.8. The van der Waals surface area contributed by atoms with Gasteiger partial charge in [-0.1, -0.05) is 54.6 Å². The molecule has 1 N–H and O–H groups in total. The van der Waals surface area contributed by atoms with Gasteiger partial charge in [-0.15, -0.1) is 23.5 Å². The number of amides is 1. The van der Waals surface area contributed by atoms with Crippen LogP contribution in [0, 0.1) is 5.82 Å². The summed E-state index contributed by atoms with van der Waals surface area (Å²) in [6.07, 6.45) is 1.58. The number of hydrazone groups is 1. The molecule has 0 atom stereocenters. The van der Waals surface area contributed by atoms with E-state index in [1.54, 1.807) is 18.3 Å². The number of nitrogens with zero attached hydrogens (tertiary/aromatic N) is 1. The summed E-state index contributed by atoms with van der Waals surface area (Å²) in [4.78, 5) is 12.4. The summed E-state index contributed by atoms with van der Waals surface area (Å²) < 4.78 is 25.3. The zero-order valence-electron chi connectivity index (χ0n) is 19.9. The number of fused-ring (bicyclic) bond motifs is 1. The van der Waals surface area contributed by atoms with Gasteiger partial charge >= 0.3 is 0 Å². The van der Waals surface area contributed by atoms with Gasteiger partial charge in [-0.3, -0.25) is 4.79 Å². The van der Waals surface area contributed by atoms with Gasteiger partial charge in [0, 0.05) is 17.1 Å². The monoisotopic (exact) mass is 532 g/mol. The minimum Gasteiger partial charge on any atom is -0.488 e. The lowest BCUT2D eigenvalue weighted by atomic mass is 10.0. The van der Waals surface area contributed by atoms with Crippen LogP contribution >= 0.6 is 23.5 Å². The number of thioether (sulfide) groups is 2. The van der Waals surface area contributed by atoms with Gasteiger partial charge in [0.2, 0.25) is 0 Å². The average molecular weight is 533 g/mol. The Bertz CT molecular complexity index is 1390. The maximum Gasteiger partial charge on any atom is 0.277 e. The maximum absolute atomic E-state index is 13.2. The molecule has 1 heterocycles. The summed E-state index contributed by atoms with van der Waals surface area (Å²) in [5, 5.41) is 6.11. The van der Waals surface area contributed by atoms with Crippen molar-refractivity contribution in [2.45, 2.75) is 11.2 Å². The van der Waals surface area contributed by atoms with Crippen LogP contribution in [0.15, 0.2) is 90.0 Å². The molecular formula is C29H25FN2O3S2. The Labute approximate surface area is 223 Å². The Morgan fingerprint density at radius 3 is 2.49 bits per heavy atom. The molecule has 4 aromatic carbocycles. The molecule has 0 saturated carbocycles. The van der Waals surface area contributed by atoms with E-state index >= 15 is 0 Å². The second-order valence-electron chi connectivity index (χ2n) is 8.34. The number of ether oxygens (including phenoxy) is 2. The van der Waals surface area contributed by atoms with Crippen LogP contribution in [-0.4, -0.2) is 30.2 Å². The highest BCUT2D eigenvalue weighted by molar-refractivity contribution is 8.19. The molecular weight excluding hydrogens is 507 g/mol. The minimum atomic E-state index is -0.365. The molecule has 1 aliphatic rings. The van der Waals surface area contributed by atoms with Crippen molar-refractivity contribution in [1.82, 2.24) is 5.43 Å². The number of rotatable bonds is 9. The summed E-state index contributed by atoms with van der Waals surface area (Å²) >= 11 is 3.90. The molecule has 0 aliphatic carbocycles. The summed E-state index contributed by atoms with van der Waals surface area (Å²) in [6.45, 7) is 0.129. The Balaban J connectivity index is 1.21. The molecule has 0 spiro atoms. The van der Waals surface area contributed by atoms with Gasteiger partial charge in [0.1, 0.15) is 23.9 Å². The third-order valence-corrected chi connectivity index (χ3v) is 8.87. The number of halogens is 1. The van der Waals surface area contributed by atoms with Crippen molar-refractivity contribution in [3.63, 3.8) is 0 Å². The molecule has 0 aromatic heterocycles. The molecule has 37 heavy (non-hydrogen) atoms. The molecule has 5 rings (SSSR count). The molecule has 1 fully saturated rings. The molecule has 0 unspecified atom stereocenters. The Morgan fingerprint density at radius 1 is 0.946 bits per heavy atom. The predicted octanol–water partition coefficient (Wildman–Crippen LogP) is 6.57. The smallest absolute Gasteiger partial charge is 0.277 e. The Kier molecular flexibility index (Phi) is 8.28. The molecule has 0 bridgehead atoms. The fourth-order valence-corrected chi connectivity index (χ4v) is 6.76. The fraction of sp³-hybridized carbons (Fsp3) is 0.172. The van der Waals surface area contributed by atoms with E-state index in [4.69, 9.17) is 9.47 Å². The third kappa shape index (κ3) is 6.64. The van der Waals surface area contributed by atoms with Crippen LogP contribution in [0.5, 0.6) is 11.5 Å². The summed E-state index contributed by atoms with van der Waals surface area (Å²) in [5.74, 6) is 2.94. The van der Waals surface area contributed by atoms with E-state index in [9.17, 15) is 9.18 Å². The van der Waals surface area contributed by atoms with Gasteiger partial charge in [0.05, 0.1) is 10.8 Å². The molecule has 1 aliphatic heterocycles. The minimum absolute atomic E-state index is 0.146. The average Bonchev–Trinajstić information content (AvgIpc) is 3.48. The van der Waals surface area contributed by atoms with E-state index in [1.807, 2.05) is 72.1 Å². The fourth-order valence-electron chi connectivity index (χ4n) is 3.90. The summed E-state index contributed by atoms with van der Waals surface area (Å²) in [7, 11) is 0. The molecule has 1 amide bonds. The molecule has 1 saturated heterocycles. The molecule has 4 aromatic rings. The van der Waals surface area contributed by atoms with Crippen LogP contribution < -0.4 is 14.9 Å². The lowest BCUT2D eigenvalue weighted by Crippen LogP contribution is -2.24. The van der Waals surface area contributed by atoms with Crippen LogP contribution in [0.1, 0.15) is 21.3 Å². The first-order chi connectivity index (χ1) is 18.2. The van der Waals surface area contributed by atoms with E-state index in [0.29, 0.717) is 16.1 Å². The van der Waals surface area contributed by atoms with Gasteiger partial charge in [-0.2, -0.15) is 5.10 Å². The van der Waals surface area contributed by atoms with Gasteiger partial charge in [-0.25, -0.2) is 9.82 Å². The van der Waals surface area contributed by atoms with Crippen molar-refractivity contribution >= 4 is 46.4 Å². The molecule has 188 valence electrons. The van der Waals surface area contributed by atoms with E-state index in [1.165, 1.54) is 29.2 Å². The van der Waals surface area contributed by atoms with Crippen LogP contribution in [0.25, 0.3) is 10.8 Å². The third-order valence-electron chi connectivity index (χ3n) is 5.77. The predicted molar refractivity (Wildman–Crippen MR) is 150 cm³/mol. The SMILES string of the molecule is O=C(COc1ccc(C2SCCS2)cc1)N/N=C\c1c(OCc2ccc(F)cc2)ccc2ccccc12. The van der Waals surface area contributed by atoms with Crippen molar-refractivity contribution in [1.29, 1.82) is 0 Å². The van der Waals surface area contributed by atoms with E-state index in [0.717, 1.165) is 21.9 Å². The first-order valence-electron chi connectivity index (χ1n) is 11.8.